The molecule has 0 fully saturated rings. The SMILES string of the molecule is Cc1ccc(CP(=O)(C(=O)c2c(C)cc(C)cc2C)c2ccccc2)cc1. The molecule has 0 radical (unpaired) electrons. The lowest BCUT2D eigenvalue weighted by Gasteiger charge is -2.20. The van der Waals surface area contributed by atoms with Crippen LogP contribution in [0.3, 0.4) is 0 Å². The van der Waals surface area contributed by atoms with Crippen LogP contribution in [0.15, 0.2) is 66.7 Å². The fourth-order valence-electron chi connectivity index (χ4n) is 3.60. The maximum Gasteiger partial charge on any atom is 0.226 e. The van der Waals surface area contributed by atoms with E-state index in [1.807, 2.05) is 94.4 Å². The average molecular weight is 376 g/mol. The van der Waals surface area contributed by atoms with Gasteiger partial charge in [0.2, 0.25) is 5.52 Å². The summed E-state index contributed by atoms with van der Waals surface area (Å²) in [6.45, 7) is 7.88. The van der Waals surface area contributed by atoms with Crippen molar-refractivity contribution in [3.05, 3.63) is 100 Å². The third-order valence-corrected chi connectivity index (χ3v) is 7.74. The van der Waals surface area contributed by atoms with Gasteiger partial charge in [-0.1, -0.05) is 77.9 Å². The van der Waals surface area contributed by atoms with E-state index in [2.05, 4.69) is 0 Å². The molecular formula is C24H25O2P. The lowest BCUT2D eigenvalue weighted by atomic mass is 10.0. The van der Waals surface area contributed by atoms with Crippen molar-refractivity contribution in [3.8, 4) is 0 Å². The smallest absolute Gasteiger partial charge is 0.226 e. The number of benzene rings is 3. The van der Waals surface area contributed by atoms with E-state index >= 15 is 0 Å². The molecule has 1 unspecified atom stereocenters. The van der Waals surface area contributed by atoms with Gasteiger partial charge < -0.3 is 4.57 Å². The molecule has 138 valence electrons. The minimum absolute atomic E-state index is 0.239. The van der Waals surface area contributed by atoms with E-state index < -0.39 is 7.14 Å². The predicted octanol–water partition coefficient (Wildman–Crippen LogP) is 5.95. The summed E-state index contributed by atoms with van der Waals surface area (Å²) in [6.07, 6.45) is 0.239. The van der Waals surface area contributed by atoms with Crippen LogP contribution in [0.25, 0.3) is 0 Å². The fourth-order valence-corrected chi connectivity index (χ4v) is 6.25. The van der Waals surface area contributed by atoms with Gasteiger partial charge in [-0.05, 0) is 44.4 Å². The van der Waals surface area contributed by atoms with Gasteiger partial charge in [0.25, 0.3) is 0 Å². The Bertz CT molecular complexity index is 995. The van der Waals surface area contributed by atoms with Crippen LogP contribution >= 0.6 is 7.14 Å². The summed E-state index contributed by atoms with van der Waals surface area (Å²) in [5.74, 6) is 0. The Labute approximate surface area is 161 Å². The van der Waals surface area contributed by atoms with Crippen LogP contribution in [0.1, 0.15) is 38.2 Å². The highest BCUT2D eigenvalue weighted by molar-refractivity contribution is 7.86. The molecule has 2 nitrogen and oxygen atoms in total. The topological polar surface area (TPSA) is 34.1 Å². The average Bonchev–Trinajstić information content (AvgIpc) is 2.63. The van der Waals surface area contributed by atoms with Crippen LogP contribution in [0.5, 0.6) is 0 Å². The molecule has 3 rings (SSSR count). The van der Waals surface area contributed by atoms with Crippen LogP contribution in [0, 0.1) is 27.7 Å². The first-order valence-electron chi connectivity index (χ1n) is 9.14. The first-order valence-corrected chi connectivity index (χ1v) is 11.0. The molecule has 0 bridgehead atoms. The second-order valence-corrected chi connectivity index (χ2v) is 10.0. The summed E-state index contributed by atoms with van der Waals surface area (Å²) in [6, 6.07) is 21.1. The number of hydrogen-bond donors (Lipinski definition) is 0. The summed E-state index contributed by atoms with van der Waals surface area (Å²) in [7, 11) is -3.33. The third kappa shape index (κ3) is 3.96. The molecule has 0 heterocycles. The molecule has 0 spiro atoms. The Hall–Kier alpha value is -2.44. The van der Waals surface area contributed by atoms with Crippen molar-refractivity contribution in [2.45, 2.75) is 33.9 Å². The monoisotopic (exact) mass is 376 g/mol. The van der Waals surface area contributed by atoms with E-state index in [1.165, 1.54) is 0 Å². The van der Waals surface area contributed by atoms with E-state index in [0.717, 1.165) is 27.8 Å². The molecule has 3 aromatic rings. The molecule has 0 saturated heterocycles. The maximum atomic E-state index is 14.2. The zero-order valence-electron chi connectivity index (χ0n) is 16.3. The van der Waals surface area contributed by atoms with Crippen molar-refractivity contribution in [1.82, 2.24) is 0 Å². The second-order valence-electron chi connectivity index (χ2n) is 7.30. The molecule has 0 aliphatic heterocycles. The second kappa shape index (κ2) is 7.66. The van der Waals surface area contributed by atoms with Crippen molar-refractivity contribution in [3.63, 3.8) is 0 Å². The highest BCUT2D eigenvalue weighted by Gasteiger charge is 2.36. The number of carbonyl (C=O) groups is 1. The van der Waals surface area contributed by atoms with Gasteiger partial charge in [-0.3, -0.25) is 4.79 Å². The first kappa shape index (κ1) is 19.3. The summed E-state index contributed by atoms with van der Waals surface area (Å²) in [5.41, 5.74) is 5.29. The summed E-state index contributed by atoms with van der Waals surface area (Å²) >= 11 is 0. The highest BCUT2D eigenvalue weighted by atomic mass is 31.2. The molecule has 0 saturated carbocycles. The Morgan fingerprint density at radius 3 is 1.89 bits per heavy atom. The lowest BCUT2D eigenvalue weighted by molar-refractivity contribution is 0.107. The Kier molecular flexibility index (Phi) is 5.48. The highest BCUT2D eigenvalue weighted by Crippen LogP contribution is 2.51. The van der Waals surface area contributed by atoms with Crippen LogP contribution in [-0.2, 0) is 10.7 Å². The molecule has 0 aliphatic rings. The number of rotatable bonds is 5. The standard InChI is InChI=1S/C24H25O2P/c1-17-10-12-21(13-11-17)16-27(26,22-8-6-5-7-9-22)24(25)23-19(3)14-18(2)15-20(23)4/h5-15H,16H2,1-4H3. The largest absolute Gasteiger partial charge is 0.310 e. The Morgan fingerprint density at radius 1 is 0.778 bits per heavy atom. The fraction of sp³-hybridized carbons (Fsp3) is 0.208. The first-order chi connectivity index (χ1) is 12.8. The van der Waals surface area contributed by atoms with Crippen molar-refractivity contribution in [1.29, 1.82) is 0 Å². The van der Waals surface area contributed by atoms with Gasteiger partial charge in [0.05, 0.1) is 0 Å². The summed E-state index contributed by atoms with van der Waals surface area (Å²) in [5, 5.41) is 0.620. The summed E-state index contributed by atoms with van der Waals surface area (Å²) < 4.78 is 14.2. The number of aryl methyl sites for hydroxylation is 4. The van der Waals surface area contributed by atoms with E-state index in [1.54, 1.807) is 0 Å². The third-order valence-electron chi connectivity index (χ3n) is 4.92. The van der Waals surface area contributed by atoms with Crippen LogP contribution < -0.4 is 5.30 Å². The minimum Gasteiger partial charge on any atom is -0.310 e. The van der Waals surface area contributed by atoms with Crippen LogP contribution in [-0.4, -0.2) is 5.52 Å². The minimum atomic E-state index is -3.33. The van der Waals surface area contributed by atoms with Crippen molar-refractivity contribution in [2.24, 2.45) is 0 Å². The molecule has 1 atom stereocenters. The van der Waals surface area contributed by atoms with Crippen molar-refractivity contribution >= 4 is 18.0 Å². The summed E-state index contributed by atoms with van der Waals surface area (Å²) in [4.78, 5) is 13.6. The Morgan fingerprint density at radius 2 is 1.33 bits per heavy atom. The molecule has 0 aromatic heterocycles. The normalized spacial score (nSPS) is 13.2. The molecule has 0 aliphatic carbocycles. The van der Waals surface area contributed by atoms with Crippen molar-refractivity contribution < 1.29 is 9.36 Å². The molecule has 0 amide bonds. The predicted molar refractivity (Wildman–Crippen MR) is 114 cm³/mol. The lowest BCUT2D eigenvalue weighted by Crippen LogP contribution is -2.17. The van der Waals surface area contributed by atoms with Crippen molar-refractivity contribution in [2.75, 3.05) is 0 Å². The van der Waals surface area contributed by atoms with Crippen LogP contribution in [0.2, 0.25) is 0 Å². The Balaban J connectivity index is 2.14. The van der Waals surface area contributed by atoms with Gasteiger partial charge in [-0.25, -0.2) is 0 Å². The van der Waals surface area contributed by atoms with Gasteiger partial charge >= 0.3 is 0 Å². The zero-order chi connectivity index (χ0) is 19.6. The molecule has 0 N–H and O–H groups in total. The van der Waals surface area contributed by atoms with Gasteiger partial charge in [0.1, 0.15) is 0 Å². The van der Waals surface area contributed by atoms with Gasteiger partial charge in [-0.2, -0.15) is 0 Å². The van der Waals surface area contributed by atoms with E-state index in [9.17, 15) is 9.36 Å². The van der Waals surface area contributed by atoms with E-state index in [4.69, 9.17) is 0 Å². The van der Waals surface area contributed by atoms with Gasteiger partial charge in [-0.15, -0.1) is 0 Å². The van der Waals surface area contributed by atoms with Gasteiger partial charge in [0, 0.05) is 17.0 Å². The maximum absolute atomic E-state index is 14.2. The molecule has 27 heavy (non-hydrogen) atoms. The molecule has 3 aromatic carbocycles. The van der Waals surface area contributed by atoms with E-state index in [0.29, 0.717) is 10.9 Å². The molecular weight excluding hydrogens is 351 g/mol. The van der Waals surface area contributed by atoms with E-state index in [-0.39, 0.29) is 11.7 Å². The quantitative estimate of drug-likeness (QED) is 0.516. The van der Waals surface area contributed by atoms with Crippen LogP contribution in [0.4, 0.5) is 0 Å². The number of hydrogen-bond acceptors (Lipinski definition) is 2. The van der Waals surface area contributed by atoms with Gasteiger partial charge in [0.15, 0.2) is 7.14 Å². The number of carbonyl (C=O) groups excluding carboxylic acids is 1. The molecule has 3 heteroatoms. The zero-order valence-corrected chi connectivity index (χ0v) is 17.2.